The molecule has 0 aliphatic carbocycles. The molecule has 0 spiro atoms. The van der Waals surface area contributed by atoms with Crippen LogP contribution in [-0.2, 0) is 11.3 Å². The van der Waals surface area contributed by atoms with Gasteiger partial charge in [0.2, 0.25) is 0 Å². The number of nitrogens with zero attached hydrogens (tertiary/aromatic N) is 3. The van der Waals surface area contributed by atoms with Gasteiger partial charge in [0, 0.05) is 25.4 Å². The number of rotatable bonds is 5. The maximum atomic E-state index is 10.8. The number of carboxylic acids is 1. The molecule has 19 heavy (non-hydrogen) atoms. The fraction of sp³-hybridized carbons (Fsp3) is 0.643. The number of hydrogen-bond donors (Lipinski definition) is 1. The summed E-state index contributed by atoms with van der Waals surface area (Å²) in [4.78, 5) is 21.6. The normalized spacial score (nSPS) is 22.1. The average molecular weight is 263 g/mol. The molecule has 0 saturated carbocycles. The van der Waals surface area contributed by atoms with Gasteiger partial charge in [-0.05, 0) is 37.3 Å². The number of hydrogen-bond acceptors (Lipinski definition) is 4. The van der Waals surface area contributed by atoms with Gasteiger partial charge >= 0.3 is 5.97 Å². The fourth-order valence-corrected chi connectivity index (χ4v) is 2.75. The third-order valence-electron chi connectivity index (χ3n) is 3.83. The molecule has 2 heterocycles. The molecule has 2 atom stereocenters. The Balaban J connectivity index is 1.88. The molecular formula is C14H21N3O2. The van der Waals surface area contributed by atoms with E-state index in [4.69, 9.17) is 5.11 Å². The van der Waals surface area contributed by atoms with Crippen LogP contribution in [0.1, 0.15) is 32.0 Å². The third-order valence-corrected chi connectivity index (χ3v) is 3.83. The number of carbonyl (C=O) groups is 1. The molecule has 104 valence electrons. The number of aromatic nitrogens is 2. The van der Waals surface area contributed by atoms with E-state index in [1.807, 2.05) is 13.0 Å². The van der Waals surface area contributed by atoms with Crippen LogP contribution in [0.5, 0.6) is 0 Å². The first-order chi connectivity index (χ1) is 9.15. The van der Waals surface area contributed by atoms with E-state index >= 15 is 0 Å². The SMILES string of the molecule is CC(CC(=O)O)C1CCCN(Cc2ncccn2)C1. The molecule has 0 radical (unpaired) electrons. The summed E-state index contributed by atoms with van der Waals surface area (Å²) >= 11 is 0. The molecule has 1 N–H and O–H groups in total. The molecule has 1 aromatic rings. The summed E-state index contributed by atoms with van der Waals surface area (Å²) in [6, 6.07) is 1.82. The Kier molecular flexibility index (Phi) is 4.85. The van der Waals surface area contributed by atoms with Crippen LogP contribution in [0, 0.1) is 11.8 Å². The Morgan fingerprint density at radius 1 is 1.53 bits per heavy atom. The van der Waals surface area contributed by atoms with Crippen molar-refractivity contribution in [2.75, 3.05) is 13.1 Å². The lowest BCUT2D eigenvalue weighted by Gasteiger charge is -2.35. The predicted molar refractivity (Wildman–Crippen MR) is 71.4 cm³/mol. The molecule has 1 aliphatic rings. The Bertz CT molecular complexity index is 410. The van der Waals surface area contributed by atoms with Gasteiger partial charge in [-0.1, -0.05) is 6.92 Å². The van der Waals surface area contributed by atoms with Gasteiger partial charge in [-0.25, -0.2) is 9.97 Å². The lowest BCUT2D eigenvalue weighted by atomic mass is 9.84. The molecule has 5 nitrogen and oxygen atoms in total. The van der Waals surface area contributed by atoms with E-state index < -0.39 is 5.97 Å². The maximum Gasteiger partial charge on any atom is 0.303 e. The van der Waals surface area contributed by atoms with E-state index in [2.05, 4.69) is 14.9 Å². The standard InChI is InChI=1S/C14H21N3O2/c1-11(8-14(18)19)12-4-2-7-17(9-12)10-13-15-5-3-6-16-13/h3,5-6,11-12H,2,4,7-10H2,1H3,(H,18,19). The van der Waals surface area contributed by atoms with Crippen molar-refractivity contribution < 1.29 is 9.90 Å². The summed E-state index contributed by atoms with van der Waals surface area (Å²) in [5, 5.41) is 8.88. The largest absolute Gasteiger partial charge is 0.481 e. The molecule has 1 aliphatic heterocycles. The lowest BCUT2D eigenvalue weighted by molar-refractivity contribution is -0.138. The van der Waals surface area contributed by atoms with Gasteiger partial charge in [-0.2, -0.15) is 0 Å². The maximum absolute atomic E-state index is 10.8. The first kappa shape index (κ1) is 13.9. The van der Waals surface area contributed by atoms with E-state index in [9.17, 15) is 4.79 Å². The Labute approximate surface area is 113 Å². The van der Waals surface area contributed by atoms with Crippen LogP contribution in [-0.4, -0.2) is 39.0 Å². The lowest BCUT2D eigenvalue weighted by Crippen LogP contribution is -2.38. The minimum Gasteiger partial charge on any atom is -0.481 e. The van der Waals surface area contributed by atoms with Crippen LogP contribution >= 0.6 is 0 Å². The molecule has 0 aromatic carbocycles. The van der Waals surface area contributed by atoms with Crippen LogP contribution in [0.15, 0.2) is 18.5 Å². The van der Waals surface area contributed by atoms with Crippen molar-refractivity contribution in [1.29, 1.82) is 0 Å². The molecule has 2 rings (SSSR count). The molecule has 2 unspecified atom stereocenters. The van der Waals surface area contributed by atoms with Gasteiger partial charge < -0.3 is 5.11 Å². The van der Waals surface area contributed by atoms with Crippen molar-refractivity contribution in [1.82, 2.24) is 14.9 Å². The smallest absolute Gasteiger partial charge is 0.303 e. The van der Waals surface area contributed by atoms with E-state index in [0.717, 1.165) is 38.3 Å². The second kappa shape index (κ2) is 6.61. The van der Waals surface area contributed by atoms with Crippen molar-refractivity contribution in [2.24, 2.45) is 11.8 Å². The minimum atomic E-state index is -0.698. The summed E-state index contributed by atoms with van der Waals surface area (Å²) < 4.78 is 0. The Morgan fingerprint density at radius 2 is 2.26 bits per heavy atom. The second-order valence-electron chi connectivity index (χ2n) is 5.38. The summed E-state index contributed by atoms with van der Waals surface area (Å²) in [6.07, 6.45) is 6.04. The molecule has 5 heteroatoms. The number of aliphatic carboxylic acids is 1. The van der Waals surface area contributed by atoms with Crippen molar-refractivity contribution in [2.45, 2.75) is 32.7 Å². The van der Waals surface area contributed by atoms with E-state index in [1.54, 1.807) is 12.4 Å². The van der Waals surface area contributed by atoms with Crippen LogP contribution in [0.25, 0.3) is 0 Å². The summed E-state index contributed by atoms with van der Waals surface area (Å²) in [7, 11) is 0. The zero-order chi connectivity index (χ0) is 13.7. The average Bonchev–Trinajstić information content (AvgIpc) is 2.39. The monoisotopic (exact) mass is 263 g/mol. The summed E-state index contributed by atoms with van der Waals surface area (Å²) in [5.41, 5.74) is 0. The number of piperidine rings is 1. The van der Waals surface area contributed by atoms with E-state index in [0.29, 0.717) is 5.92 Å². The highest BCUT2D eigenvalue weighted by Crippen LogP contribution is 2.26. The van der Waals surface area contributed by atoms with Crippen molar-refractivity contribution in [3.8, 4) is 0 Å². The van der Waals surface area contributed by atoms with Gasteiger partial charge in [0.05, 0.1) is 6.54 Å². The quantitative estimate of drug-likeness (QED) is 0.877. The van der Waals surface area contributed by atoms with Crippen LogP contribution < -0.4 is 0 Å². The van der Waals surface area contributed by atoms with Crippen molar-refractivity contribution >= 4 is 5.97 Å². The molecule has 1 saturated heterocycles. The molecule has 1 fully saturated rings. The summed E-state index contributed by atoms with van der Waals surface area (Å²) in [5.74, 6) is 0.843. The zero-order valence-electron chi connectivity index (χ0n) is 11.3. The minimum absolute atomic E-state index is 0.233. The highest BCUT2D eigenvalue weighted by molar-refractivity contribution is 5.67. The Morgan fingerprint density at radius 3 is 2.95 bits per heavy atom. The number of carboxylic acid groups (broad SMARTS) is 1. The van der Waals surface area contributed by atoms with Gasteiger partial charge in [-0.3, -0.25) is 9.69 Å². The molecular weight excluding hydrogens is 242 g/mol. The fourth-order valence-electron chi connectivity index (χ4n) is 2.75. The van der Waals surface area contributed by atoms with Crippen LogP contribution in [0.4, 0.5) is 0 Å². The van der Waals surface area contributed by atoms with Gasteiger partial charge in [-0.15, -0.1) is 0 Å². The number of likely N-dealkylation sites (tertiary alicyclic amines) is 1. The second-order valence-corrected chi connectivity index (χ2v) is 5.38. The van der Waals surface area contributed by atoms with Crippen LogP contribution in [0.3, 0.4) is 0 Å². The van der Waals surface area contributed by atoms with Crippen molar-refractivity contribution in [3.05, 3.63) is 24.3 Å². The van der Waals surface area contributed by atoms with Gasteiger partial charge in [0.1, 0.15) is 5.82 Å². The summed E-state index contributed by atoms with van der Waals surface area (Å²) in [6.45, 7) is 4.81. The highest BCUT2D eigenvalue weighted by Gasteiger charge is 2.26. The topological polar surface area (TPSA) is 66.3 Å². The molecule has 0 bridgehead atoms. The first-order valence-corrected chi connectivity index (χ1v) is 6.85. The van der Waals surface area contributed by atoms with Gasteiger partial charge in [0.25, 0.3) is 0 Å². The first-order valence-electron chi connectivity index (χ1n) is 6.85. The van der Waals surface area contributed by atoms with Gasteiger partial charge in [0.15, 0.2) is 0 Å². The van der Waals surface area contributed by atoms with E-state index in [-0.39, 0.29) is 12.3 Å². The van der Waals surface area contributed by atoms with Crippen molar-refractivity contribution in [3.63, 3.8) is 0 Å². The third kappa shape index (κ3) is 4.28. The highest BCUT2D eigenvalue weighted by atomic mass is 16.4. The Hall–Kier alpha value is -1.49. The molecule has 1 aromatic heterocycles. The molecule has 0 amide bonds. The van der Waals surface area contributed by atoms with Crippen LogP contribution in [0.2, 0.25) is 0 Å². The zero-order valence-corrected chi connectivity index (χ0v) is 11.3. The van der Waals surface area contributed by atoms with E-state index in [1.165, 1.54) is 0 Å². The predicted octanol–water partition coefficient (Wildman–Crippen LogP) is 1.80.